The van der Waals surface area contributed by atoms with Gasteiger partial charge in [0.15, 0.2) is 5.16 Å². The summed E-state index contributed by atoms with van der Waals surface area (Å²) in [6, 6.07) is 2.08. The molecule has 0 saturated heterocycles. The quantitative estimate of drug-likeness (QED) is 0.679. The van der Waals surface area contributed by atoms with E-state index in [4.69, 9.17) is 0 Å². The molecular formula is C16H21N3O2S2. The van der Waals surface area contributed by atoms with Crippen molar-refractivity contribution < 1.29 is 4.79 Å². The van der Waals surface area contributed by atoms with Gasteiger partial charge in [-0.2, -0.15) is 0 Å². The predicted molar refractivity (Wildman–Crippen MR) is 95.1 cm³/mol. The molecule has 3 rings (SSSR count). The molecule has 1 saturated carbocycles. The van der Waals surface area contributed by atoms with Crippen LogP contribution in [0.1, 0.15) is 32.6 Å². The Bertz CT molecular complexity index is 768. The van der Waals surface area contributed by atoms with Crippen molar-refractivity contribution >= 4 is 39.2 Å². The lowest BCUT2D eigenvalue weighted by atomic mass is 9.86. The average Bonchev–Trinajstić information content (AvgIpc) is 3.00. The maximum absolute atomic E-state index is 12.2. The smallest absolute Gasteiger partial charge is 0.262 e. The molecule has 1 fully saturated rings. The van der Waals surface area contributed by atoms with E-state index in [0.717, 1.165) is 11.3 Å². The Hall–Kier alpha value is -1.34. The van der Waals surface area contributed by atoms with Crippen LogP contribution in [0.2, 0.25) is 0 Å². The molecular weight excluding hydrogens is 330 g/mol. The largest absolute Gasteiger partial charge is 0.352 e. The second-order valence-electron chi connectivity index (χ2n) is 6.12. The molecule has 23 heavy (non-hydrogen) atoms. The van der Waals surface area contributed by atoms with Crippen molar-refractivity contribution in [2.75, 3.05) is 5.75 Å². The Balaban J connectivity index is 1.65. The van der Waals surface area contributed by atoms with Crippen LogP contribution in [0.15, 0.2) is 21.4 Å². The molecule has 2 aromatic rings. The van der Waals surface area contributed by atoms with Crippen LogP contribution in [0.4, 0.5) is 0 Å². The minimum absolute atomic E-state index is 0.0225. The molecule has 1 aliphatic rings. The van der Waals surface area contributed by atoms with E-state index in [0.29, 0.717) is 22.2 Å². The van der Waals surface area contributed by atoms with Crippen molar-refractivity contribution in [2.24, 2.45) is 13.0 Å². The van der Waals surface area contributed by atoms with Gasteiger partial charge in [0, 0.05) is 13.1 Å². The fourth-order valence-corrected chi connectivity index (χ4v) is 4.61. The fraction of sp³-hybridized carbons (Fsp3) is 0.562. The molecule has 124 valence electrons. The molecule has 0 aliphatic heterocycles. The van der Waals surface area contributed by atoms with Crippen LogP contribution in [0.5, 0.6) is 0 Å². The van der Waals surface area contributed by atoms with Crippen LogP contribution in [0.3, 0.4) is 0 Å². The third kappa shape index (κ3) is 3.61. The summed E-state index contributed by atoms with van der Waals surface area (Å²) < 4.78 is 1.52. The highest BCUT2D eigenvalue weighted by molar-refractivity contribution is 7.99. The van der Waals surface area contributed by atoms with Crippen LogP contribution < -0.4 is 10.9 Å². The maximum Gasteiger partial charge on any atom is 0.262 e. The number of carbonyl (C=O) groups is 1. The topological polar surface area (TPSA) is 64.0 Å². The highest BCUT2D eigenvalue weighted by Gasteiger charge is 2.23. The van der Waals surface area contributed by atoms with Crippen molar-refractivity contribution in [3.63, 3.8) is 0 Å². The fourth-order valence-electron chi connectivity index (χ4n) is 3.02. The number of hydrogen-bond donors (Lipinski definition) is 1. The third-order valence-corrected chi connectivity index (χ3v) is 6.29. The van der Waals surface area contributed by atoms with Gasteiger partial charge in [0.05, 0.1) is 11.1 Å². The summed E-state index contributed by atoms with van der Waals surface area (Å²) in [5, 5.41) is 6.23. The first-order valence-electron chi connectivity index (χ1n) is 7.92. The number of rotatable bonds is 4. The maximum atomic E-state index is 12.2. The Labute approximate surface area is 143 Å². The van der Waals surface area contributed by atoms with Crippen molar-refractivity contribution in [1.29, 1.82) is 0 Å². The first-order valence-corrected chi connectivity index (χ1v) is 9.79. The van der Waals surface area contributed by atoms with E-state index in [2.05, 4.69) is 17.2 Å². The molecule has 0 aromatic carbocycles. The predicted octanol–water partition coefficient (Wildman–Crippen LogP) is 2.78. The number of aromatic nitrogens is 2. The number of thioether (sulfide) groups is 1. The van der Waals surface area contributed by atoms with Crippen LogP contribution in [0, 0.1) is 5.92 Å². The van der Waals surface area contributed by atoms with Crippen molar-refractivity contribution in [2.45, 2.75) is 43.8 Å². The first-order chi connectivity index (χ1) is 11.1. The zero-order valence-electron chi connectivity index (χ0n) is 13.4. The van der Waals surface area contributed by atoms with E-state index in [1.165, 1.54) is 46.9 Å². The summed E-state index contributed by atoms with van der Waals surface area (Å²) in [5.74, 6) is 0.859. The normalized spacial score (nSPS) is 21.5. The summed E-state index contributed by atoms with van der Waals surface area (Å²) in [6.07, 6.45) is 4.70. The molecule has 0 radical (unpaired) electrons. The molecule has 5 nitrogen and oxygen atoms in total. The van der Waals surface area contributed by atoms with E-state index in [1.54, 1.807) is 13.1 Å². The number of carbonyl (C=O) groups excluding carboxylic acids is 1. The molecule has 2 unspecified atom stereocenters. The van der Waals surface area contributed by atoms with Gasteiger partial charge in [0.25, 0.3) is 5.56 Å². The van der Waals surface area contributed by atoms with E-state index < -0.39 is 0 Å². The van der Waals surface area contributed by atoms with E-state index >= 15 is 0 Å². The third-order valence-electron chi connectivity index (χ3n) is 4.45. The highest BCUT2D eigenvalue weighted by atomic mass is 32.2. The van der Waals surface area contributed by atoms with Crippen molar-refractivity contribution in [3.05, 3.63) is 21.8 Å². The molecule has 0 spiro atoms. The number of amides is 1. The number of hydrogen-bond acceptors (Lipinski definition) is 5. The van der Waals surface area contributed by atoms with Crippen LogP contribution >= 0.6 is 23.1 Å². The van der Waals surface area contributed by atoms with Gasteiger partial charge in [-0.05, 0) is 30.2 Å². The standard InChI is InChI=1S/C16H21N3O2S2/c1-10-5-3-4-6-12(10)17-13(20)9-23-16-18-14-11(7-8-22-14)15(21)19(16)2/h7-8,10,12H,3-6,9H2,1-2H3,(H,17,20). The van der Waals surface area contributed by atoms with Gasteiger partial charge in [0.1, 0.15) is 4.83 Å². The van der Waals surface area contributed by atoms with Gasteiger partial charge in [-0.25, -0.2) is 4.98 Å². The number of thiophene rings is 1. The van der Waals surface area contributed by atoms with E-state index in [-0.39, 0.29) is 17.5 Å². The Morgan fingerprint density at radius 3 is 3.04 bits per heavy atom. The lowest BCUT2D eigenvalue weighted by Crippen LogP contribution is -2.41. The van der Waals surface area contributed by atoms with Crippen LogP contribution in [-0.4, -0.2) is 27.3 Å². The van der Waals surface area contributed by atoms with Gasteiger partial charge in [-0.15, -0.1) is 11.3 Å². The lowest BCUT2D eigenvalue weighted by Gasteiger charge is -2.29. The summed E-state index contributed by atoms with van der Waals surface area (Å²) in [6.45, 7) is 2.20. The SMILES string of the molecule is CC1CCCCC1NC(=O)CSc1nc2sccc2c(=O)n1C. The second kappa shape index (κ2) is 7.05. The Morgan fingerprint density at radius 1 is 1.48 bits per heavy atom. The van der Waals surface area contributed by atoms with Gasteiger partial charge in [-0.3, -0.25) is 14.2 Å². The molecule has 2 heterocycles. The van der Waals surface area contributed by atoms with Crippen molar-refractivity contribution in [3.8, 4) is 0 Å². The minimum atomic E-state index is -0.0555. The summed E-state index contributed by atoms with van der Waals surface area (Å²) in [4.78, 5) is 29.7. The highest BCUT2D eigenvalue weighted by Crippen LogP contribution is 2.24. The lowest BCUT2D eigenvalue weighted by molar-refractivity contribution is -0.119. The average molecular weight is 351 g/mol. The Kier molecular flexibility index (Phi) is 5.06. The zero-order chi connectivity index (χ0) is 16.4. The molecule has 2 aromatic heterocycles. The number of fused-ring (bicyclic) bond motifs is 1. The van der Waals surface area contributed by atoms with Crippen LogP contribution in [-0.2, 0) is 11.8 Å². The first kappa shape index (κ1) is 16.5. The summed E-state index contributed by atoms with van der Waals surface area (Å²) >= 11 is 2.77. The molecule has 7 heteroatoms. The van der Waals surface area contributed by atoms with Crippen LogP contribution in [0.25, 0.3) is 10.2 Å². The van der Waals surface area contributed by atoms with Crippen molar-refractivity contribution in [1.82, 2.24) is 14.9 Å². The molecule has 1 amide bonds. The summed E-state index contributed by atoms with van der Waals surface area (Å²) in [7, 11) is 1.70. The number of nitrogens with zero attached hydrogens (tertiary/aromatic N) is 2. The van der Waals surface area contributed by atoms with Gasteiger partial charge in [-0.1, -0.05) is 31.5 Å². The zero-order valence-corrected chi connectivity index (χ0v) is 15.0. The molecule has 1 aliphatic carbocycles. The van der Waals surface area contributed by atoms with E-state index in [9.17, 15) is 9.59 Å². The monoisotopic (exact) mass is 351 g/mol. The molecule has 1 N–H and O–H groups in total. The van der Waals surface area contributed by atoms with Gasteiger partial charge >= 0.3 is 0 Å². The minimum Gasteiger partial charge on any atom is -0.352 e. The Morgan fingerprint density at radius 2 is 2.26 bits per heavy atom. The summed E-state index contributed by atoms with van der Waals surface area (Å²) in [5.41, 5.74) is -0.0555. The van der Waals surface area contributed by atoms with Gasteiger partial charge in [0.2, 0.25) is 5.91 Å². The second-order valence-corrected chi connectivity index (χ2v) is 7.96. The molecule has 0 bridgehead atoms. The number of nitrogens with one attached hydrogen (secondary N) is 1. The molecule has 2 atom stereocenters. The van der Waals surface area contributed by atoms with Gasteiger partial charge < -0.3 is 5.32 Å². The van der Waals surface area contributed by atoms with E-state index in [1.807, 2.05) is 5.38 Å².